The lowest BCUT2D eigenvalue weighted by molar-refractivity contribution is -0.111. The molecule has 0 fully saturated rings. The quantitative estimate of drug-likeness (QED) is 0.731. The Hall–Kier alpha value is -3.14. The summed E-state index contributed by atoms with van der Waals surface area (Å²) in [5, 5.41) is 2.83. The number of anilines is 1. The summed E-state index contributed by atoms with van der Waals surface area (Å²) in [7, 11) is 0. The zero-order valence-electron chi connectivity index (χ0n) is 12.7. The van der Waals surface area contributed by atoms with Crippen molar-refractivity contribution in [1.82, 2.24) is 4.98 Å². The summed E-state index contributed by atoms with van der Waals surface area (Å²) in [5.74, 6) is 0.529. The molecule has 0 aliphatic heterocycles. The molecule has 4 nitrogen and oxygen atoms in total. The van der Waals surface area contributed by atoms with Crippen LogP contribution in [0.1, 0.15) is 11.1 Å². The van der Waals surface area contributed by atoms with Crippen LogP contribution in [-0.2, 0) is 4.79 Å². The van der Waals surface area contributed by atoms with E-state index in [4.69, 9.17) is 4.42 Å². The van der Waals surface area contributed by atoms with Gasteiger partial charge in [0.2, 0.25) is 5.91 Å². The van der Waals surface area contributed by atoms with Crippen LogP contribution >= 0.6 is 0 Å². The van der Waals surface area contributed by atoms with Crippen LogP contribution in [0.15, 0.2) is 71.6 Å². The van der Waals surface area contributed by atoms with Crippen LogP contribution in [0.5, 0.6) is 0 Å². The minimum atomic E-state index is -0.168. The summed E-state index contributed by atoms with van der Waals surface area (Å²) in [4.78, 5) is 15.8. The molecular weight excluding hydrogens is 288 g/mol. The molecule has 0 saturated carbocycles. The lowest BCUT2D eigenvalue weighted by Crippen LogP contribution is -2.07. The van der Waals surface area contributed by atoms with Gasteiger partial charge in [-0.05, 0) is 42.8 Å². The molecule has 23 heavy (non-hydrogen) atoms. The van der Waals surface area contributed by atoms with E-state index >= 15 is 0 Å². The van der Waals surface area contributed by atoms with E-state index in [1.807, 2.05) is 55.5 Å². The van der Waals surface area contributed by atoms with E-state index in [0.29, 0.717) is 5.76 Å². The third kappa shape index (κ3) is 3.95. The SMILES string of the molecule is Cc1cccc(/C=C/C(=O)Nc2ccc(-c3cnco3)cc2)c1. The van der Waals surface area contributed by atoms with E-state index in [9.17, 15) is 4.79 Å². The Balaban J connectivity index is 1.64. The normalized spacial score (nSPS) is 10.8. The Morgan fingerprint density at radius 3 is 2.70 bits per heavy atom. The predicted octanol–water partition coefficient (Wildman–Crippen LogP) is 4.30. The molecule has 0 unspecified atom stereocenters. The van der Waals surface area contributed by atoms with Crippen molar-refractivity contribution in [1.29, 1.82) is 0 Å². The third-order valence-corrected chi connectivity index (χ3v) is 3.34. The molecule has 1 aromatic heterocycles. The van der Waals surface area contributed by atoms with Gasteiger partial charge in [-0.15, -0.1) is 0 Å². The Morgan fingerprint density at radius 2 is 2.00 bits per heavy atom. The molecule has 2 aromatic carbocycles. The molecule has 1 amide bonds. The van der Waals surface area contributed by atoms with Crippen LogP contribution in [0.4, 0.5) is 5.69 Å². The summed E-state index contributed by atoms with van der Waals surface area (Å²) < 4.78 is 5.23. The highest BCUT2D eigenvalue weighted by molar-refractivity contribution is 6.02. The van der Waals surface area contributed by atoms with Crippen LogP contribution in [0.25, 0.3) is 17.4 Å². The minimum Gasteiger partial charge on any atom is -0.444 e. The molecule has 0 aliphatic rings. The number of aromatic nitrogens is 1. The molecule has 1 heterocycles. The van der Waals surface area contributed by atoms with Crippen molar-refractivity contribution < 1.29 is 9.21 Å². The highest BCUT2D eigenvalue weighted by atomic mass is 16.3. The van der Waals surface area contributed by atoms with Gasteiger partial charge in [-0.25, -0.2) is 4.98 Å². The first-order valence-corrected chi connectivity index (χ1v) is 7.25. The van der Waals surface area contributed by atoms with E-state index in [0.717, 1.165) is 22.4 Å². The van der Waals surface area contributed by atoms with E-state index in [2.05, 4.69) is 10.3 Å². The number of benzene rings is 2. The highest BCUT2D eigenvalue weighted by Crippen LogP contribution is 2.20. The minimum absolute atomic E-state index is 0.168. The molecule has 3 rings (SSSR count). The molecular formula is C19H16N2O2. The van der Waals surface area contributed by atoms with Gasteiger partial charge in [-0.3, -0.25) is 4.79 Å². The Morgan fingerprint density at radius 1 is 1.17 bits per heavy atom. The number of carbonyl (C=O) groups excluding carboxylic acids is 1. The lowest BCUT2D eigenvalue weighted by Gasteiger charge is -2.03. The predicted molar refractivity (Wildman–Crippen MR) is 90.8 cm³/mol. The first-order valence-electron chi connectivity index (χ1n) is 7.25. The topological polar surface area (TPSA) is 55.1 Å². The maximum atomic E-state index is 12.0. The molecule has 0 spiro atoms. The van der Waals surface area contributed by atoms with Crippen molar-refractivity contribution >= 4 is 17.7 Å². The molecule has 0 saturated heterocycles. The van der Waals surface area contributed by atoms with Crippen LogP contribution in [0.2, 0.25) is 0 Å². The monoisotopic (exact) mass is 304 g/mol. The van der Waals surface area contributed by atoms with Gasteiger partial charge in [0, 0.05) is 17.3 Å². The van der Waals surface area contributed by atoms with Crippen LogP contribution in [-0.4, -0.2) is 10.9 Å². The van der Waals surface area contributed by atoms with E-state index < -0.39 is 0 Å². The van der Waals surface area contributed by atoms with Gasteiger partial charge in [0.15, 0.2) is 12.2 Å². The fraction of sp³-hybridized carbons (Fsp3) is 0.0526. The number of carbonyl (C=O) groups is 1. The van der Waals surface area contributed by atoms with Crippen LogP contribution in [0, 0.1) is 6.92 Å². The zero-order valence-corrected chi connectivity index (χ0v) is 12.7. The van der Waals surface area contributed by atoms with E-state index in [-0.39, 0.29) is 5.91 Å². The maximum absolute atomic E-state index is 12.0. The zero-order chi connectivity index (χ0) is 16.1. The molecule has 3 aromatic rings. The molecule has 4 heteroatoms. The van der Waals surface area contributed by atoms with E-state index in [1.54, 1.807) is 12.3 Å². The Kier molecular flexibility index (Phi) is 4.34. The van der Waals surface area contributed by atoms with Gasteiger partial charge >= 0.3 is 0 Å². The summed E-state index contributed by atoms with van der Waals surface area (Å²) in [6, 6.07) is 15.4. The number of aryl methyl sites for hydroxylation is 1. The van der Waals surface area contributed by atoms with Crippen molar-refractivity contribution in [2.75, 3.05) is 5.32 Å². The molecule has 0 bridgehead atoms. The lowest BCUT2D eigenvalue weighted by atomic mass is 10.1. The van der Waals surface area contributed by atoms with Gasteiger partial charge in [-0.1, -0.05) is 29.8 Å². The smallest absolute Gasteiger partial charge is 0.248 e. The number of rotatable bonds is 4. The van der Waals surface area contributed by atoms with Crippen molar-refractivity contribution in [3.63, 3.8) is 0 Å². The third-order valence-electron chi connectivity index (χ3n) is 3.34. The van der Waals surface area contributed by atoms with Crippen molar-refractivity contribution in [2.45, 2.75) is 6.92 Å². The van der Waals surface area contributed by atoms with Gasteiger partial charge < -0.3 is 9.73 Å². The summed E-state index contributed by atoms with van der Waals surface area (Å²) in [6.07, 6.45) is 6.36. The van der Waals surface area contributed by atoms with Crippen LogP contribution < -0.4 is 5.32 Å². The number of hydrogen-bond acceptors (Lipinski definition) is 3. The molecule has 0 atom stereocenters. The summed E-state index contributed by atoms with van der Waals surface area (Å²) in [6.45, 7) is 2.02. The first-order chi connectivity index (χ1) is 11.2. The van der Waals surface area contributed by atoms with Crippen molar-refractivity contribution in [3.05, 3.63) is 78.3 Å². The molecule has 0 radical (unpaired) electrons. The van der Waals surface area contributed by atoms with Gasteiger partial charge in [0.1, 0.15) is 0 Å². The fourth-order valence-electron chi connectivity index (χ4n) is 2.21. The molecule has 0 aliphatic carbocycles. The van der Waals surface area contributed by atoms with Gasteiger partial charge in [0.25, 0.3) is 0 Å². The average Bonchev–Trinajstić information content (AvgIpc) is 3.08. The summed E-state index contributed by atoms with van der Waals surface area (Å²) in [5.41, 5.74) is 3.80. The average molecular weight is 304 g/mol. The second kappa shape index (κ2) is 6.75. The first kappa shape index (κ1) is 14.8. The number of oxazole rings is 1. The second-order valence-corrected chi connectivity index (χ2v) is 5.18. The number of amides is 1. The maximum Gasteiger partial charge on any atom is 0.248 e. The van der Waals surface area contributed by atoms with Gasteiger partial charge in [0.05, 0.1) is 6.20 Å². The molecule has 114 valence electrons. The fourth-order valence-corrected chi connectivity index (χ4v) is 2.21. The van der Waals surface area contributed by atoms with Crippen LogP contribution in [0.3, 0.4) is 0 Å². The van der Waals surface area contributed by atoms with E-state index in [1.165, 1.54) is 12.5 Å². The highest BCUT2D eigenvalue weighted by Gasteiger charge is 2.02. The number of hydrogen-bond donors (Lipinski definition) is 1. The Labute approximate surface area is 134 Å². The second-order valence-electron chi connectivity index (χ2n) is 5.18. The Bertz CT molecular complexity index is 819. The largest absolute Gasteiger partial charge is 0.444 e. The van der Waals surface area contributed by atoms with Gasteiger partial charge in [-0.2, -0.15) is 0 Å². The number of nitrogens with one attached hydrogen (secondary N) is 1. The van der Waals surface area contributed by atoms with Crippen molar-refractivity contribution in [3.8, 4) is 11.3 Å². The van der Waals surface area contributed by atoms with Crippen molar-refractivity contribution in [2.24, 2.45) is 0 Å². The summed E-state index contributed by atoms with van der Waals surface area (Å²) >= 11 is 0. The standard InChI is InChI=1S/C19H16N2O2/c1-14-3-2-4-15(11-14)5-10-19(22)21-17-8-6-16(7-9-17)18-12-20-13-23-18/h2-13H,1H3,(H,21,22)/b10-5+. The molecule has 1 N–H and O–H groups in total. The number of nitrogens with zero attached hydrogens (tertiary/aromatic N) is 1.